The van der Waals surface area contributed by atoms with E-state index in [4.69, 9.17) is 16.3 Å². The monoisotopic (exact) mass is 543 g/mol. The summed E-state index contributed by atoms with van der Waals surface area (Å²) in [6.07, 6.45) is 5.95. The average Bonchev–Trinajstić information content (AvgIpc) is 3.18. The van der Waals surface area contributed by atoms with Gasteiger partial charge in [-0.1, -0.05) is 11.6 Å². The maximum absolute atomic E-state index is 13.5. The summed E-state index contributed by atoms with van der Waals surface area (Å²) in [5.41, 5.74) is 0.597. The number of rotatable bonds is 7. The van der Waals surface area contributed by atoms with E-state index in [1.807, 2.05) is 0 Å². The van der Waals surface area contributed by atoms with Gasteiger partial charge in [0.05, 0.1) is 28.3 Å². The SMILES string of the molecule is Cn1cnc(C2CC3CC(O)(c4cc(OCC5(O)CC5)nn4C)CC3C2)c1C(=O)Nc1ccc(F)c(Cl)c1. The third-order valence-electron chi connectivity index (χ3n) is 8.44. The summed E-state index contributed by atoms with van der Waals surface area (Å²) < 4.78 is 22.6. The van der Waals surface area contributed by atoms with Crippen molar-refractivity contribution >= 4 is 23.2 Å². The smallest absolute Gasteiger partial charge is 0.274 e. The van der Waals surface area contributed by atoms with Crippen LogP contribution in [0.3, 0.4) is 0 Å². The maximum Gasteiger partial charge on any atom is 0.274 e. The third kappa shape index (κ3) is 4.58. The van der Waals surface area contributed by atoms with E-state index < -0.39 is 17.0 Å². The number of fused-ring (bicyclic) bond motifs is 1. The van der Waals surface area contributed by atoms with Crippen molar-refractivity contribution in [3.05, 3.63) is 58.5 Å². The standard InChI is InChI=1S/C27H31ClFN5O4/c1-33-14-30-23(24(33)25(35)31-18-3-4-20(29)19(28)9-18)15-7-16-11-27(37,12-17(16)8-15)21-10-22(32-34(21)2)38-13-26(36)5-6-26/h3-4,9-10,14-17,36-37H,5-8,11-13H2,1-2H3,(H,31,35). The van der Waals surface area contributed by atoms with Crippen LogP contribution in [0.25, 0.3) is 0 Å². The lowest BCUT2D eigenvalue weighted by Gasteiger charge is -2.24. The molecule has 6 rings (SSSR count). The number of carbonyl (C=O) groups is 1. The molecule has 1 aromatic carbocycles. The van der Waals surface area contributed by atoms with E-state index in [2.05, 4.69) is 15.4 Å². The van der Waals surface area contributed by atoms with Gasteiger partial charge in [-0.2, -0.15) is 0 Å². The summed E-state index contributed by atoms with van der Waals surface area (Å²) in [5.74, 6) is 0.204. The van der Waals surface area contributed by atoms with Gasteiger partial charge >= 0.3 is 0 Å². The molecular weight excluding hydrogens is 513 g/mol. The molecule has 202 valence electrons. The van der Waals surface area contributed by atoms with E-state index in [1.165, 1.54) is 18.2 Å². The van der Waals surface area contributed by atoms with Crippen LogP contribution >= 0.6 is 11.6 Å². The number of benzene rings is 1. The first-order chi connectivity index (χ1) is 18.0. The minimum absolute atomic E-state index is 0.0588. The molecule has 38 heavy (non-hydrogen) atoms. The Hall–Kier alpha value is -2.95. The highest BCUT2D eigenvalue weighted by Gasteiger charge is 2.52. The summed E-state index contributed by atoms with van der Waals surface area (Å²) in [6.45, 7) is 0.211. The van der Waals surface area contributed by atoms with Crippen LogP contribution in [0.2, 0.25) is 5.02 Å². The summed E-state index contributed by atoms with van der Waals surface area (Å²) >= 11 is 5.87. The topological polar surface area (TPSA) is 114 Å². The van der Waals surface area contributed by atoms with E-state index in [0.717, 1.165) is 37.1 Å². The lowest BCUT2D eigenvalue weighted by Crippen LogP contribution is -2.26. The normalized spacial score (nSPS) is 27.4. The Bertz CT molecular complexity index is 1390. The number of carbonyl (C=O) groups excluding carboxylic acids is 1. The van der Waals surface area contributed by atoms with Crippen LogP contribution in [0.15, 0.2) is 30.6 Å². The Morgan fingerprint density at radius 1 is 1.21 bits per heavy atom. The number of aryl methyl sites for hydroxylation is 2. The number of imidazole rings is 1. The predicted molar refractivity (Wildman–Crippen MR) is 138 cm³/mol. The number of hydrogen-bond donors (Lipinski definition) is 3. The highest BCUT2D eigenvalue weighted by molar-refractivity contribution is 6.31. The van der Waals surface area contributed by atoms with Gasteiger partial charge < -0.3 is 24.8 Å². The van der Waals surface area contributed by atoms with Crippen LogP contribution in [0.4, 0.5) is 10.1 Å². The zero-order valence-corrected chi connectivity index (χ0v) is 22.1. The molecule has 2 atom stereocenters. The van der Waals surface area contributed by atoms with Gasteiger partial charge in [0.15, 0.2) is 0 Å². The minimum Gasteiger partial charge on any atom is -0.474 e. The Morgan fingerprint density at radius 2 is 1.92 bits per heavy atom. The van der Waals surface area contributed by atoms with Crippen molar-refractivity contribution < 1.29 is 24.1 Å². The lowest BCUT2D eigenvalue weighted by atomic mass is 9.90. The molecular formula is C27H31ClFN5O4. The fourth-order valence-corrected chi connectivity index (χ4v) is 6.51. The number of ether oxygens (including phenoxy) is 1. The van der Waals surface area contributed by atoms with Crippen molar-refractivity contribution in [3.8, 4) is 5.88 Å². The Morgan fingerprint density at radius 3 is 2.58 bits per heavy atom. The quantitative estimate of drug-likeness (QED) is 0.416. The Kier molecular flexibility index (Phi) is 6.04. The first-order valence-electron chi connectivity index (χ1n) is 12.9. The molecule has 3 saturated carbocycles. The summed E-state index contributed by atoms with van der Waals surface area (Å²) in [7, 11) is 3.58. The van der Waals surface area contributed by atoms with Gasteiger partial charge in [-0.3, -0.25) is 9.48 Å². The zero-order valence-electron chi connectivity index (χ0n) is 21.3. The van der Waals surface area contributed by atoms with Crippen molar-refractivity contribution in [2.45, 2.75) is 55.6 Å². The van der Waals surface area contributed by atoms with Gasteiger partial charge in [0.25, 0.3) is 5.91 Å². The average molecular weight is 544 g/mol. The van der Waals surface area contributed by atoms with Crippen molar-refractivity contribution in [1.29, 1.82) is 0 Å². The van der Waals surface area contributed by atoms with Crippen LogP contribution < -0.4 is 10.1 Å². The number of nitrogens with zero attached hydrogens (tertiary/aromatic N) is 4. The van der Waals surface area contributed by atoms with Crippen molar-refractivity contribution in [1.82, 2.24) is 19.3 Å². The molecule has 11 heteroatoms. The molecule has 3 aromatic rings. The molecule has 2 heterocycles. The molecule has 3 fully saturated rings. The van der Waals surface area contributed by atoms with Gasteiger partial charge in [-0.15, -0.1) is 5.10 Å². The molecule has 2 aromatic heterocycles. The number of amides is 1. The van der Waals surface area contributed by atoms with Crippen LogP contribution in [0.5, 0.6) is 5.88 Å². The molecule has 0 bridgehead atoms. The number of halogens is 2. The molecule has 0 saturated heterocycles. The maximum atomic E-state index is 13.5. The molecule has 0 radical (unpaired) electrons. The summed E-state index contributed by atoms with van der Waals surface area (Å²) in [5, 5.41) is 28.8. The van der Waals surface area contributed by atoms with E-state index in [1.54, 1.807) is 35.7 Å². The molecule has 0 spiro atoms. The number of aliphatic hydroxyl groups is 2. The molecule has 3 N–H and O–H groups in total. The van der Waals surface area contributed by atoms with Gasteiger partial charge in [0.1, 0.15) is 23.7 Å². The second-order valence-corrected chi connectivity index (χ2v) is 11.7. The third-order valence-corrected chi connectivity index (χ3v) is 8.73. The Balaban J connectivity index is 1.14. The zero-order chi connectivity index (χ0) is 26.8. The summed E-state index contributed by atoms with van der Waals surface area (Å²) in [4.78, 5) is 17.8. The van der Waals surface area contributed by atoms with Crippen molar-refractivity contribution in [3.63, 3.8) is 0 Å². The van der Waals surface area contributed by atoms with Gasteiger partial charge in [-0.05, 0) is 68.6 Å². The largest absolute Gasteiger partial charge is 0.474 e. The number of aromatic nitrogens is 4. The van der Waals surface area contributed by atoms with E-state index >= 15 is 0 Å². The molecule has 3 aliphatic carbocycles. The Labute approximate surface area is 224 Å². The molecule has 3 aliphatic rings. The molecule has 0 aliphatic heterocycles. The van der Waals surface area contributed by atoms with Gasteiger partial charge in [0.2, 0.25) is 5.88 Å². The van der Waals surface area contributed by atoms with Crippen LogP contribution in [0.1, 0.15) is 66.3 Å². The molecule has 9 nitrogen and oxygen atoms in total. The first-order valence-corrected chi connectivity index (χ1v) is 13.3. The van der Waals surface area contributed by atoms with Crippen molar-refractivity contribution in [2.75, 3.05) is 11.9 Å². The number of hydrogen-bond acceptors (Lipinski definition) is 6. The molecule has 1 amide bonds. The van der Waals surface area contributed by atoms with E-state index in [9.17, 15) is 19.4 Å². The minimum atomic E-state index is -1.01. The second kappa shape index (κ2) is 9.07. The highest BCUT2D eigenvalue weighted by atomic mass is 35.5. The van der Waals surface area contributed by atoms with Crippen LogP contribution in [-0.2, 0) is 19.7 Å². The highest BCUT2D eigenvalue weighted by Crippen LogP contribution is 2.57. The summed E-state index contributed by atoms with van der Waals surface area (Å²) in [6, 6.07) is 5.86. The van der Waals surface area contributed by atoms with E-state index in [0.29, 0.717) is 30.1 Å². The molecule has 2 unspecified atom stereocenters. The fourth-order valence-electron chi connectivity index (χ4n) is 6.33. The van der Waals surface area contributed by atoms with Gasteiger partial charge in [0, 0.05) is 31.8 Å². The predicted octanol–water partition coefficient (Wildman–Crippen LogP) is 3.89. The van der Waals surface area contributed by atoms with Crippen molar-refractivity contribution in [2.24, 2.45) is 25.9 Å². The second-order valence-electron chi connectivity index (χ2n) is 11.3. The first kappa shape index (κ1) is 25.3. The van der Waals surface area contributed by atoms with E-state index in [-0.39, 0.29) is 35.3 Å². The number of anilines is 1. The fraction of sp³-hybridized carbons (Fsp3) is 0.519. The van der Waals surface area contributed by atoms with Gasteiger partial charge in [-0.25, -0.2) is 9.37 Å². The number of nitrogens with one attached hydrogen (secondary N) is 1. The van der Waals surface area contributed by atoms with Crippen LogP contribution in [0, 0.1) is 17.7 Å². The van der Waals surface area contributed by atoms with Crippen LogP contribution in [-0.4, -0.2) is 47.7 Å². The lowest BCUT2D eigenvalue weighted by molar-refractivity contribution is 0.0263.